The molecular formula is C24H23FN4O2. The van der Waals surface area contributed by atoms with Gasteiger partial charge in [-0.15, -0.1) is 0 Å². The molecule has 1 saturated heterocycles. The molecule has 3 aromatic rings. The number of carbonyl (C=O) groups is 2. The smallest absolute Gasteiger partial charge is 0.274 e. The topological polar surface area (TPSA) is 75.2 Å². The van der Waals surface area contributed by atoms with Crippen molar-refractivity contribution in [2.75, 3.05) is 20.1 Å². The first-order chi connectivity index (χ1) is 15.0. The Labute approximate surface area is 180 Å². The van der Waals surface area contributed by atoms with Gasteiger partial charge in [-0.05, 0) is 30.0 Å². The number of hydrogen-bond acceptors (Lipinski definition) is 4. The van der Waals surface area contributed by atoms with E-state index in [0.29, 0.717) is 24.9 Å². The number of amides is 2. The molecule has 6 nitrogen and oxygen atoms in total. The van der Waals surface area contributed by atoms with Gasteiger partial charge < -0.3 is 10.2 Å². The van der Waals surface area contributed by atoms with Gasteiger partial charge in [0.05, 0.1) is 11.6 Å². The maximum atomic E-state index is 14.5. The lowest BCUT2D eigenvalue weighted by Gasteiger charge is -2.28. The van der Waals surface area contributed by atoms with Crippen LogP contribution < -0.4 is 5.32 Å². The van der Waals surface area contributed by atoms with E-state index in [0.717, 1.165) is 11.1 Å². The van der Waals surface area contributed by atoms with Gasteiger partial charge >= 0.3 is 0 Å². The summed E-state index contributed by atoms with van der Waals surface area (Å²) in [5.74, 6) is -0.693. The molecule has 0 radical (unpaired) electrons. The Kier molecular flexibility index (Phi) is 5.75. The van der Waals surface area contributed by atoms with E-state index in [4.69, 9.17) is 0 Å². The lowest BCUT2D eigenvalue weighted by Crippen LogP contribution is -2.44. The highest BCUT2D eigenvalue weighted by atomic mass is 19.1. The lowest BCUT2D eigenvalue weighted by atomic mass is 9.78. The Hall–Kier alpha value is -3.61. The van der Waals surface area contributed by atoms with Crippen LogP contribution in [0.2, 0.25) is 0 Å². The minimum Gasteiger partial charge on any atom is -0.359 e. The molecule has 0 unspecified atom stereocenters. The number of nitrogens with one attached hydrogen (secondary N) is 1. The molecule has 1 aromatic heterocycles. The fourth-order valence-electron chi connectivity index (χ4n) is 4.27. The molecule has 1 atom stereocenters. The molecule has 0 aliphatic carbocycles. The minimum absolute atomic E-state index is 0.134. The summed E-state index contributed by atoms with van der Waals surface area (Å²) in [6.07, 6.45) is 5.30. The number of hydrogen-bond donors (Lipinski definition) is 1. The Bertz CT molecular complexity index is 1110. The Morgan fingerprint density at radius 1 is 1.10 bits per heavy atom. The van der Waals surface area contributed by atoms with Crippen LogP contribution in [0.25, 0.3) is 11.1 Å². The molecule has 1 aliphatic heterocycles. The Balaban J connectivity index is 1.66. The molecule has 4 rings (SSSR count). The maximum Gasteiger partial charge on any atom is 0.274 e. The first kappa shape index (κ1) is 20.7. The summed E-state index contributed by atoms with van der Waals surface area (Å²) in [5.41, 5.74) is 1.55. The number of likely N-dealkylation sites (tertiary alicyclic amines) is 1. The number of halogens is 1. The van der Waals surface area contributed by atoms with E-state index in [2.05, 4.69) is 15.3 Å². The van der Waals surface area contributed by atoms with Gasteiger partial charge in [-0.3, -0.25) is 14.6 Å². The van der Waals surface area contributed by atoms with E-state index in [-0.39, 0.29) is 29.9 Å². The van der Waals surface area contributed by atoms with Crippen molar-refractivity contribution in [1.82, 2.24) is 20.2 Å². The molecule has 0 saturated carbocycles. The quantitative estimate of drug-likeness (QED) is 0.691. The van der Waals surface area contributed by atoms with Crippen LogP contribution in [0.1, 0.15) is 22.5 Å². The van der Waals surface area contributed by atoms with Crippen molar-refractivity contribution in [2.24, 2.45) is 5.41 Å². The summed E-state index contributed by atoms with van der Waals surface area (Å²) in [4.78, 5) is 35.6. The average molecular weight is 418 g/mol. The molecule has 158 valence electrons. The first-order valence-corrected chi connectivity index (χ1v) is 10.1. The lowest BCUT2D eigenvalue weighted by molar-refractivity contribution is -0.129. The Morgan fingerprint density at radius 3 is 2.55 bits per heavy atom. The maximum absolute atomic E-state index is 14.5. The highest BCUT2D eigenvalue weighted by Gasteiger charge is 2.46. The van der Waals surface area contributed by atoms with Crippen molar-refractivity contribution in [2.45, 2.75) is 12.8 Å². The van der Waals surface area contributed by atoms with Crippen molar-refractivity contribution >= 4 is 11.8 Å². The molecule has 1 N–H and O–H groups in total. The van der Waals surface area contributed by atoms with Gasteiger partial charge in [0.1, 0.15) is 11.5 Å². The summed E-state index contributed by atoms with van der Waals surface area (Å²) in [6, 6.07) is 14.1. The van der Waals surface area contributed by atoms with Crippen molar-refractivity contribution in [3.05, 3.63) is 84.2 Å². The molecule has 0 spiro atoms. The number of aromatic nitrogens is 2. The van der Waals surface area contributed by atoms with E-state index in [1.54, 1.807) is 30.1 Å². The summed E-state index contributed by atoms with van der Waals surface area (Å²) in [6.45, 7) is 0.693. The van der Waals surface area contributed by atoms with Crippen LogP contribution in [0.3, 0.4) is 0 Å². The van der Waals surface area contributed by atoms with E-state index in [1.807, 2.05) is 24.3 Å². The molecule has 2 heterocycles. The highest BCUT2D eigenvalue weighted by Crippen LogP contribution is 2.38. The van der Waals surface area contributed by atoms with Crippen LogP contribution >= 0.6 is 0 Å². The van der Waals surface area contributed by atoms with Crippen LogP contribution in [-0.2, 0) is 11.2 Å². The number of carbonyl (C=O) groups excluding carboxylic acids is 2. The molecule has 7 heteroatoms. The molecule has 2 aromatic carbocycles. The van der Waals surface area contributed by atoms with Gasteiger partial charge in [0.2, 0.25) is 5.91 Å². The van der Waals surface area contributed by atoms with Crippen LogP contribution in [0, 0.1) is 11.2 Å². The molecular weight excluding hydrogens is 395 g/mol. The normalized spacial score (nSPS) is 18.1. The summed E-state index contributed by atoms with van der Waals surface area (Å²) in [5, 5.41) is 2.76. The summed E-state index contributed by atoms with van der Waals surface area (Å²) < 4.78 is 14.5. The van der Waals surface area contributed by atoms with Crippen molar-refractivity contribution in [3.8, 4) is 11.1 Å². The highest BCUT2D eigenvalue weighted by molar-refractivity contribution is 5.93. The zero-order valence-corrected chi connectivity index (χ0v) is 17.2. The summed E-state index contributed by atoms with van der Waals surface area (Å²) >= 11 is 0. The molecule has 1 fully saturated rings. The van der Waals surface area contributed by atoms with E-state index >= 15 is 0 Å². The van der Waals surface area contributed by atoms with Gasteiger partial charge in [-0.25, -0.2) is 9.37 Å². The van der Waals surface area contributed by atoms with Gasteiger partial charge in [0, 0.05) is 38.1 Å². The van der Waals surface area contributed by atoms with Gasteiger partial charge in [-0.2, -0.15) is 0 Å². The fourth-order valence-corrected chi connectivity index (χ4v) is 4.27. The third-order valence-corrected chi connectivity index (χ3v) is 5.84. The largest absolute Gasteiger partial charge is 0.359 e. The fraction of sp³-hybridized carbons (Fsp3) is 0.250. The molecule has 31 heavy (non-hydrogen) atoms. The second kappa shape index (κ2) is 8.63. The number of nitrogens with zero attached hydrogens (tertiary/aromatic N) is 3. The monoisotopic (exact) mass is 418 g/mol. The second-order valence-corrected chi connectivity index (χ2v) is 7.74. The molecule has 0 bridgehead atoms. The van der Waals surface area contributed by atoms with Crippen molar-refractivity contribution < 1.29 is 14.0 Å². The molecule has 1 aliphatic rings. The predicted octanol–water partition coefficient (Wildman–Crippen LogP) is 3.10. The number of benzene rings is 2. The van der Waals surface area contributed by atoms with Crippen molar-refractivity contribution in [1.29, 1.82) is 0 Å². The Morgan fingerprint density at radius 2 is 1.84 bits per heavy atom. The number of rotatable bonds is 5. The van der Waals surface area contributed by atoms with Crippen molar-refractivity contribution in [3.63, 3.8) is 0 Å². The standard InChI is InChI=1S/C24H23FN4O2/c1-26-23(31)24(10-13-29(16-24)22(30)21-15-27-11-12-28-21)14-17-6-2-3-7-18(17)19-8-4-5-9-20(19)25/h2-9,11-12,15H,10,13-14,16H2,1H3,(H,26,31)/t24-/m1/s1. The third kappa shape index (κ3) is 4.03. The van der Waals surface area contributed by atoms with Gasteiger partial charge in [0.15, 0.2) is 0 Å². The van der Waals surface area contributed by atoms with Crippen LogP contribution in [0.5, 0.6) is 0 Å². The van der Waals surface area contributed by atoms with E-state index in [1.165, 1.54) is 24.7 Å². The summed E-state index contributed by atoms with van der Waals surface area (Å²) in [7, 11) is 1.60. The van der Waals surface area contributed by atoms with Gasteiger partial charge in [0.25, 0.3) is 5.91 Å². The average Bonchev–Trinajstić information content (AvgIpc) is 3.24. The van der Waals surface area contributed by atoms with Crippen LogP contribution in [-0.4, -0.2) is 46.8 Å². The van der Waals surface area contributed by atoms with Crippen LogP contribution in [0.15, 0.2) is 67.1 Å². The zero-order valence-electron chi connectivity index (χ0n) is 17.2. The van der Waals surface area contributed by atoms with E-state index in [9.17, 15) is 14.0 Å². The first-order valence-electron chi connectivity index (χ1n) is 10.1. The predicted molar refractivity (Wildman–Crippen MR) is 115 cm³/mol. The SMILES string of the molecule is CNC(=O)[C@@]1(Cc2ccccc2-c2ccccc2F)CCN(C(=O)c2cnccn2)C1. The third-order valence-electron chi connectivity index (χ3n) is 5.84. The van der Waals surface area contributed by atoms with Crippen LogP contribution in [0.4, 0.5) is 4.39 Å². The molecule has 2 amide bonds. The zero-order chi connectivity index (χ0) is 21.8. The minimum atomic E-state index is -0.812. The van der Waals surface area contributed by atoms with Gasteiger partial charge in [-0.1, -0.05) is 42.5 Å². The second-order valence-electron chi connectivity index (χ2n) is 7.74. The van der Waals surface area contributed by atoms with E-state index < -0.39 is 5.41 Å².